The van der Waals surface area contributed by atoms with Crippen LogP contribution in [0.5, 0.6) is 5.75 Å². The van der Waals surface area contributed by atoms with Gasteiger partial charge in [0.2, 0.25) is 0 Å². The Labute approximate surface area is 173 Å². The quantitative estimate of drug-likeness (QED) is 0.417. The fourth-order valence-corrected chi connectivity index (χ4v) is 3.45. The first-order chi connectivity index (χ1) is 14.4. The number of carboxylic acid groups (broad SMARTS) is 1. The molecule has 4 nitrogen and oxygen atoms in total. The first-order valence-electron chi connectivity index (χ1n) is 9.64. The second-order valence-electron chi connectivity index (χ2n) is 7.35. The number of ether oxygens (including phenoxy) is 1. The molecule has 0 radical (unpaired) electrons. The minimum Gasteiger partial charge on any atom is -0.497 e. The highest BCUT2D eigenvalue weighted by Gasteiger charge is 2.14. The van der Waals surface area contributed by atoms with Gasteiger partial charge in [-0.3, -0.25) is 4.79 Å². The molecule has 1 aromatic heterocycles. The average molecular weight is 404 g/mol. The Morgan fingerprint density at radius 3 is 2.47 bits per heavy atom. The fraction of sp³-hybridized carbons (Fsp3) is 0.160. The first kappa shape index (κ1) is 19.7. The van der Waals surface area contributed by atoms with Crippen LogP contribution in [-0.2, 0) is 11.2 Å². The smallest absolute Gasteiger partial charge is 0.306 e. The molecule has 4 aromatic rings. The van der Waals surface area contributed by atoms with Gasteiger partial charge in [-0.1, -0.05) is 43.3 Å². The SMILES string of the molecule is COc1ccc(F)c(-c2ccc(-c3cc4ccc(CC(C)C(=O)O)cc4o3)cc2)c1. The normalized spacial score (nSPS) is 12.1. The summed E-state index contributed by atoms with van der Waals surface area (Å²) in [6.07, 6.45) is 0.447. The highest BCUT2D eigenvalue weighted by atomic mass is 19.1. The molecule has 0 saturated heterocycles. The van der Waals surface area contributed by atoms with Crippen molar-refractivity contribution < 1.29 is 23.4 Å². The molecule has 5 heteroatoms. The Morgan fingerprint density at radius 1 is 1.03 bits per heavy atom. The summed E-state index contributed by atoms with van der Waals surface area (Å²) in [5.41, 5.74) is 3.72. The zero-order valence-electron chi connectivity index (χ0n) is 16.7. The average Bonchev–Trinajstić information content (AvgIpc) is 3.17. The van der Waals surface area contributed by atoms with Gasteiger partial charge in [0.15, 0.2) is 0 Å². The van der Waals surface area contributed by atoms with Gasteiger partial charge < -0.3 is 14.3 Å². The number of carbonyl (C=O) groups is 1. The molecule has 30 heavy (non-hydrogen) atoms. The molecule has 1 atom stereocenters. The van der Waals surface area contributed by atoms with Gasteiger partial charge in [-0.05, 0) is 47.9 Å². The van der Waals surface area contributed by atoms with E-state index in [1.807, 2.05) is 48.5 Å². The summed E-state index contributed by atoms with van der Waals surface area (Å²) in [6.45, 7) is 1.69. The minimum atomic E-state index is -0.817. The van der Waals surface area contributed by atoms with Gasteiger partial charge in [-0.15, -0.1) is 0 Å². The van der Waals surface area contributed by atoms with Gasteiger partial charge in [0.25, 0.3) is 0 Å². The van der Waals surface area contributed by atoms with Crippen molar-refractivity contribution in [2.24, 2.45) is 5.92 Å². The summed E-state index contributed by atoms with van der Waals surface area (Å²) in [5.74, 6) is -0.286. The van der Waals surface area contributed by atoms with E-state index in [1.54, 1.807) is 26.2 Å². The number of aliphatic carboxylic acids is 1. The molecule has 0 amide bonds. The molecular weight excluding hydrogens is 383 g/mol. The zero-order valence-corrected chi connectivity index (χ0v) is 16.7. The maximum atomic E-state index is 14.2. The van der Waals surface area contributed by atoms with Crippen molar-refractivity contribution >= 4 is 16.9 Å². The highest BCUT2D eigenvalue weighted by Crippen LogP contribution is 2.32. The standard InChI is InChI=1S/C25H21FO4/c1-15(25(27)28)11-16-3-4-19-13-24(30-23(19)12-16)18-7-5-17(6-8-18)21-14-20(29-2)9-10-22(21)26/h3-10,12-15H,11H2,1-2H3,(H,27,28). The summed E-state index contributed by atoms with van der Waals surface area (Å²) in [5, 5.41) is 10.1. The van der Waals surface area contributed by atoms with E-state index >= 15 is 0 Å². The molecule has 4 rings (SSSR count). The third kappa shape index (κ3) is 3.92. The topological polar surface area (TPSA) is 59.7 Å². The van der Waals surface area contributed by atoms with E-state index in [1.165, 1.54) is 6.07 Å². The lowest BCUT2D eigenvalue weighted by atomic mass is 10.0. The van der Waals surface area contributed by atoms with Crippen LogP contribution in [0.4, 0.5) is 4.39 Å². The highest BCUT2D eigenvalue weighted by molar-refractivity contribution is 5.84. The summed E-state index contributed by atoms with van der Waals surface area (Å²) >= 11 is 0. The van der Waals surface area contributed by atoms with Crippen molar-refractivity contribution in [1.29, 1.82) is 0 Å². The van der Waals surface area contributed by atoms with Crippen LogP contribution in [0.15, 0.2) is 71.1 Å². The third-order valence-electron chi connectivity index (χ3n) is 5.20. The Balaban J connectivity index is 1.62. The van der Waals surface area contributed by atoms with Gasteiger partial charge in [0.05, 0.1) is 13.0 Å². The van der Waals surface area contributed by atoms with E-state index in [2.05, 4.69) is 0 Å². The van der Waals surface area contributed by atoms with Crippen molar-refractivity contribution in [3.05, 3.63) is 78.1 Å². The van der Waals surface area contributed by atoms with Gasteiger partial charge >= 0.3 is 5.97 Å². The zero-order chi connectivity index (χ0) is 21.3. The predicted octanol–water partition coefficient (Wildman–Crippen LogP) is 6.18. The molecule has 0 saturated carbocycles. The molecule has 0 fully saturated rings. The maximum absolute atomic E-state index is 14.2. The first-order valence-corrected chi connectivity index (χ1v) is 9.64. The number of hydrogen-bond donors (Lipinski definition) is 1. The van der Waals surface area contributed by atoms with E-state index in [4.69, 9.17) is 14.3 Å². The van der Waals surface area contributed by atoms with Crippen LogP contribution in [0.2, 0.25) is 0 Å². The lowest BCUT2D eigenvalue weighted by Crippen LogP contribution is -2.12. The monoisotopic (exact) mass is 404 g/mol. The van der Waals surface area contributed by atoms with E-state index in [9.17, 15) is 9.18 Å². The molecule has 0 bridgehead atoms. The van der Waals surface area contributed by atoms with Crippen molar-refractivity contribution in [2.75, 3.05) is 7.11 Å². The van der Waals surface area contributed by atoms with Crippen LogP contribution >= 0.6 is 0 Å². The summed E-state index contributed by atoms with van der Waals surface area (Å²) in [7, 11) is 1.55. The van der Waals surface area contributed by atoms with Gasteiger partial charge in [0.1, 0.15) is 22.9 Å². The molecule has 0 aliphatic carbocycles. The molecule has 1 N–H and O–H groups in total. The van der Waals surface area contributed by atoms with Gasteiger partial charge in [-0.25, -0.2) is 4.39 Å². The lowest BCUT2D eigenvalue weighted by molar-refractivity contribution is -0.141. The second kappa shape index (κ2) is 8.03. The predicted molar refractivity (Wildman–Crippen MR) is 114 cm³/mol. The third-order valence-corrected chi connectivity index (χ3v) is 5.20. The van der Waals surface area contributed by atoms with Crippen molar-refractivity contribution in [3.63, 3.8) is 0 Å². The number of fused-ring (bicyclic) bond motifs is 1. The molecule has 152 valence electrons. The maximum Gasteiger partial charge on any atom is 0.306 e. The number of carboxylic acids is 1. The molecular formula is C25H21FO4. The summed E-state index contributed by atoms with van der Waals surface area (Å²) < 4.78 is 25.4. The molecule has 0 aliphatic heterocycles. The van der Waals surface area contributed by atoms with Crippen molar-refractivity contribution in [2.45, 2.75) is 13.3 Å². The second-order valence-corrected chi connectivity index (χ2v) is 7.35. The van der Waals surface area contributed by atoms with Crippen LogP contribution in [0.3, 0.4) is 0 Å². The van der Waals surface area contributed by atoms with E-state index in [0.717, 1.165) is 22.1 Å². The van der Waals surface area contributed by atoms with Crippen LogP contribution in [0.1, 0.15) is 12.5 Å². The Kier molecular flexibility index (Phi) is 5.27. The van der Waals surface area contributed by atoms with Crippen LogP contribution in [0, 0.1) is 11.7 Å². The summed E-state index contributed by atoms with van der Waals surface area (Å²) in [6, 6.07) is 19.8. The minimum absolute atomic E-state index is 0.310. The van der Waals surface area contributed by atoms with Crippen molar-refractivity contribution in [3.8, 4) is 28.2 Å². The Hall–Kier alpha value is -3.60. The largest absolute Gasteiger partial charge is 0.497 e. The van der Waals surface area contributed by atoms with E-state index in [0.29, 0.717) is 29.1 Å². The molecule has 0 spiro atoms. The van der Waals surface area contributed by atoms with E-state index < -0.39 is 11.9 Å². The lowest BCUT2D eigenvalue weighted by Gasteiger charge is -2.07. The number of rotatable bonds is 6. The van der Waals surface area contributed by atoms with Gasteiger partial charge in [0, 0.05) is 16.5 Å². The van der Waals surface area contributed by atoms with Gasteiger partial charge in [-0.2, -0.15) is 0 Å². The van der Waals surface area contributed by atoms with Crippen LogP contribution in [-0.4, -0.2) is 18.2 Å². The van der Waals surface area contributed by atoms with Crippen LogP contribution < -0.4 is 4.74 Å². The molecule has 3 aromatic carbocycles. The fourth-order valence-electron chi connectivity index (χ4n) is 3.45. The summed E-state index contributed by atoms with van der Waals surface area (Å²) in [4.78, 5) is 11.1. The Bertz CT molecular complexity index is 1210. The number of benzene rings is 3. The van der Waals surface area contributed by atoms with E-state index in [-0.39, 0.29) is 5.82 Å². The number of halogens is 1. The Morgan fingerprint density at radius 2 is 1.77 bits per heavy atom. The number of methoxy groups -OCH3 is 1. The molecule has 1 unspecified atom stereocenters. The van der Waals surface area contributed by atoms with Crippen molar-refractivity contribution in [1.82, 2.24) is 0 Å². The number of furan rings is 1. The molecule has 0 aliphatic rings. The molecule has 1 heterocycles. The van der Waals surface area contributed by atoms with Crippen LogP contribution in [0.25, 0.3) is 33.4 Å². The number of hydrogen-bond acceptors (Lipinski definition) is 3.